The van der Waals surface area contributed by atoms with Crippen LogP contribution in [-0.2, 0) is 11.3 Å². The smallest absolute Gasteiger partial charge is 0.223 e. The summed E-state index contributed by atoms with van der Waals surface area (Å²) in [5.74, 6) is 0.164. The lowest BCUT2D eigenvalue weighted by atomic mass is 10.1. The predicted octanol–water partition coefficient (Wildman–Crippen LogP) is 2.25. The molecule has 4 rings (SSSR count). The molecule has 27 heavy (non-hydrogen) atoms. The van der Waals surface area contributed by atoms with Crippen molar-refractivity contribution in [2.45, 2.75) is 19.4 Å². The van der Waals surface area contributed by atoms with Crippen LogP contribution in [0.15, 0.2) is 41.8 Å². The maximum atomic E-state index is 12.4. The summed E-state index contributed by atoms with van der Waals surface area (Å²) >= 11 is 3.20. The second kappa shape index (κ2) is 8.29. The second-order valence-corrected chi connectivity index (χ2v) is 8.85. The average molecular weight is 401 g/mol. The Bertz CT molecular complexity index is 895. The van der Waals surface area contributed by atoms with Gasteiger partial charge in [-0.2, -0.15) is 0 Å². The maximum Gasteiger partial charge on any atom is 0.223 e. The number of piperazine rings is 1. The Balaban J connectivity index is 1.24. The summed E-state index contributed by atoms with van der Waals surface area (Å²) in [4.78, 5) is 33.3. The Hall–Kier alpha value is -2.09. The Morgan fingerprint density at radius 3 is 2.63 bits per heavy atom. The van der Waals surface area contributed by atoms with E-state index in [1.54, 1.807) is 11.3 Å². The molecule has 1 aliphatic heterocycles. The molecule has 0 aliphatic carbocycles. The van der Waals surface area contributed by atoms with Crippen molar-refractivity contribution in [3.8, 4) is 0 Å². The predicted molar refractivity (Wildman–Crippen MR) is 108 cm³/mol. The van der Waals surface area contributed by atoms with Gasteiger partial charge in [-0.25, -0.2) is 4.98 Å². The fourth-order valence-electron chi connectivity index (χ4n) is 3.40. The minimum Gasteiger partial charge on any atom is -0.331 e. The molecular weight excluding hydrogens is 378 g/mol. The number of aromatic nitrogens is 1. The summed E-state index contributed by atoms with van der Waals surface area (Å²) in [6.45, 7) is 4.29. The summed E-state index contributed by atoms with van der Waals surface area (Å²) in [5, 5.41) is 3.05. The summed E-state index contributed by atoms with van der Waals surface area (Å²) in [6, 6.07) is 11.9. The number of nitrogens with one attached hydrogen (secondary N) is 1. The van der Waals surface area contributed by atoms with E-state index in [4.69, 9.17) is 4.98 Å². The first-order valence-corrected chi connectivity index (χ1v) is 10.9. The Kier molecular flexibility index (Phi) is 5.61. The van der Waals surface area contributed by atoms with Crippen molar-refractivity contribution in [2.24, 2.45) is 0 Å². The normalized spacial score (nSPS) is 15.3. The van der Waals surface area contributed by atoms with Gasteiger partial charge in [0.2, 0.25) is 5.91 Å². The molecular formula is C20H22N3O2S2+. The van der Waals surface area contributed by atoms with Crippen molar-refractivity contribution in [2.75, 3.05) is 26.2 Å². The van der Waals surface area contributed by atoms with Gasteiger partial charge in [0, 0.05) is 12.8 Å². The summed E-state index contributed by atoms with van der Waals surface area (Å²) < 4.78 is 1.23. The van der Waals surface area contributed by atoms with Gasteiger partial charge in [-0.15, -0.1) is 22.7 Å². The molecule has 1 fully saturated rings. The first-order valence-electron chi connectivity index (χ1n) is 9.21. The number of carbonyl (C=O) groups excluding carboxylic acids is 2. The molecule has 3 heterocycles. The molecule has 1 saturated heterocycles. The number of thiophene rings is 1. The molecule has 5 nitrogen and oxygen atoms in total. The third-order valence-electron chi connectivity index (χ3n) is 4.92. The van der Waals surface area contributed by atoms with Gasteiger partial charge in [0.05, 0.1) is 41.3 Å². The van der Waals surface area contributed by atoms with Crippen LogP contribution in [0.25, 0.3) is 10.2 Å². The third kappa shape index (κ3) is 4.43. The molecule has 0 atom stereocenters. The second-order valence-electron chi connectivity index (χ2n) is 6.78. The van der Waals surface area contributed by atoms with Crippen molar-refractivity contribution >= 4 is 44.6 Å². The van der Waals surface area contributed by atoms with Gasteiger partial charge in [0.1, 0.15) is 11.6 Å². The number of hydrogen-bond donors (Lipinski definition) is 1. The highest BCUT2D eigenvalue weighted by Crippen LogP contribution is 2.20. The van der Waals surface area contributed by atoms with Gasteiger partial charge < -0.3 is 9.80 Å². The molecule has 140 valence electrons. The maximum absolute atomic E-state index is 12.4. The first-order chi connectivity index (χ1) is 13.2. The van der Waals surface area contributed by atoms with Crippen molar-refractivity contribution in [3.05, 3.63) is 51.7 Å². The zero-order chi connectivity index (χ0) is 18.6. The molecule has 1 N–H and O–H groups in total. The van der Waals surface area contributed by atoms with Gasteiger partial charge in [-0.3, -0.25) is 9.59 Å². The Morgan fingerprint density at radius 1 is 1.07 bits per heavy atom. The molecule has 1 amide bonds. The fraction of sp³-hybridized carbons (Fsp3) is 0.350. The highest BCUT2D eigenvalue weighted by molar-refractivity contribution is 7.18. The molecule has 0 spiro atoms. The molecule has 2 aromatic heterocycles. The van der Waals surface area contributed by atoms with E-state index in [2.05, 4.69) is 12.1 Å². The largest absolute Gasteiger partial charge is 0.331 e. The molecule has 0 unspecified atom stereocenters. The molecule has 0 radical (unpaired) electrons. The van der Waals surface area contributed by atoms with E-state index in [9.17, 15) is 9.59 Å². The van der Waals surface area contributed by atoms with Crippen LogP contribution in [-0.4, -0.2) is 47.8 Å². The standard InChI is InChI=1S/C20H21N3O2S2/c24-16(18-6-3-13-26-18)7-8-20(25)23-11-9-22(10-12-23)14-19-21-15-4-1-2-5-17(15)27-19/h1-6,13H,7-12,14H2/p+1. The van der Waals surface area contributed by atoms with Crippen molar-refractivity contribution in [1.29, 1.82) is 0 Å². The van der Waals surface area contributed by atoms with E-state index in [-0.39, 0.29) is 11.7 Å². The third-order valence-corrected chi connectivity index (χ3v) is 6.87. The first kappa shape index (κ1) is 18.3. The van der Waals surface area contributed by atoms with Crippen molar-refractivity contribution in [1.82, 2.24) is 9.88 Å². The minimum absolute atomic E-state index is 0.0680. The topological polar surface area (TPSA) is 54.7 Å². The number of fused-ring (bicyclic) bond motifs is 1. The number of thiazole rings is 1. The Labute approximate surface area is 166 Å². The highest BCUT2D eigenvalue weighted by Gasteiger charge is 2.25. The Morgan fingerprint density at radius 2 is 1.89 bits per heavy atom. The molecule has 3 aromatic rings. The van der Waals surface area contributed by atoms with Crippen LogP contribution in [0.1, 0.15) is 27.5 Å². The molecule has 7 heteroatoms. The summed E-state index contributed by atoms with van der Waals surface area (Å²) in [6.07, 6.45) is 0.613. The van der Waals surface area contributed by atoms with Gasteiger partial charge in [0.25, 0.3) is 0 Å². The quantitative estimate of drug-likeness (QED) is 0.646. The lowest BCUT2D eigenvalue weighted by Crippen LogP contribution is -3.13. The van der Waals surface area contributed by atoms with Crippen LogP contribution in [0.2, 0.25) is 0 Å². The van der Waals surface area contributed by atoms with Crippen LogP contribution in [0.4, 0.5) is 0 Å². The van der Waals surface area contributed by atoms with E-state index in [1.807, 2.05) is 34.5 Å². The highest BCUT2D eigenvalue weighted by atomic mass is 32.1. The van der Waals surface area contributed by atoms with Crippen LogP contribution < -0.4 is 4.90 Å². The number of benzene rings is 1. The number of hydrogen-bond acceptors (Lipinski definition) is 5. The summed E-state index contributed by atoms with van der Waals surface area (Å²) in [7, 11) is 0. The van der Waals surface area contributed by atoms with E-state index in [0.29, 0.717) is 12.8 Å². The lowest BCUT2D eigenvalue weighted by Gasteiger charge is -2.31. The minimum atomic E-state index is 0.0680. The zero-order valence-electron chi connectivity index (χ0n) is 15.0. The monoisotopic (exact) mass is 400 g/mol. The molecule has 1 aromatic carbocycles. The van der Waals surface area contributed by atoms with Gasteiger partial charge in [0.15, 0.2) is 5.78 Å². The number of Topliss-reactive ketones (excluding diaryl/α,β-unsaturated/α-hetero) is 1. The van der Waals surface area contributed by atoms with Crippen LogP contribution in [0, 0.1) is 0 Å². The van der Waals surface area contributed by atoms with E-state index in [0.717, 1.165) is 48.1 Å². The van der Waals surface area contributed by atoms with Crippen molar-refractivity contribution < 1.29 is 14.5 Å². The molecule has 0 saturated carbocycles. The number of nitrogens with zero attached hydrogens (tertiary/aromatic N) is 2. The SMILES string of the molecule is O=C(CCC(=O)N1CC[NH+](Cc2nc3ccccc3s2)CC1)c1cccs1. The van der Waals surface area contributed by atoms with Crippen molar-refractivity contribution in [3.63, 3.8) is 0 Å². The van der Waals surface area contributed by atoms with Crippen LogP contribution >= 0.6 is 22.7 Å². The van der Waals surface area contributed by atoms with E-state index in [1.165, 1.54) is 20.9 Å². The van der Waals surface area contributed by atoms with Gasteiger partial charge in [-0.05, 0) is 23.6 Å². The molecule has 1 aliphatic rings. The van der Waals surface area contributed by atoms with E-state index >= 15 is 0 Å². The number of ketones is 1. The zero-order valence-corrected chi connectivity index (χ0v) is 16.7. The van der Waals surface area contributed by atoms with Gasteiger partial charge in [-0.1, -0.05) is 18.2 Å². The average Bonchev–Trinajstić information content (AvgIpc) is 3.35. The van der Waals surface area contributed by atoms with E-state index < -0.39 is 0 Å². The number of para-hydroxylation sites is 1. The van der Waals surface area contributed by atoms with Crippen LogP contribution in [0.3, 0.4) is 0 Å². The fourth-order valence-corrected chi connectivity index (χ4v) is 5.13. The number of amides is 1. The lowest BCUT2D eigenvalue weighted by molar-refractivity contribution is -0.917. The molecule has 0 bridgehead atoms. The van der Waals surface area contributed by atoms with Gasteiger partial charge >= 0.3 is 0 Å². The van der Waals surface area contributed by atoms with Crippen LogP contribution in [0.5, 0.6) is 0 Å². The number of rotatable bonds is 6. The number of carbonyl (C=O) groups is 2. The number of quaternary nitrogens is 1. The summed E-state index contributed by atoms with van der Waals surface area (Å²) in [5.41, 5.74) is 1.07.